The van der Waals surface area contributed by atoms with Gasteiger partial charge in [0.05, 0.1) is 6.04 Å². The number of benzene rings is 2. The zero-order valence-electron chi connectivity index (χ0n) is 18.4. The molecule has 0 spiro atoms. The number of ketones is 2. The van der Waals surface area contributed by atoms with Gasteiger partial charge < -0.3 is 16.4 Å². The minimum absolute atomic E-state index is 0.0625. The van der Waals surface area contributed by atoms with Gasteiger partial charge in [-0.3, -0.25) is 9.59 Å². The average molecular weight is 430 g/mol. The van der Waals surface area contributed by atoms with Crippen LogP contribution in [-0.4, -0.2) is 23.7 Å². The second kappa shape index (κ2) is 8.64. The van der Waals surface area contributed by atoms with E-state index < -0.39 is 0 Å². The number of nitrogens with zero attached hydrogens (tertiary/aromatic N) is 1. The number of Topliss-reactive ketones (excluding diaryl/α,β-unsaturated/α-hetero) is 2. The van der Waals surface area contributed by atoms with Crippen molar-refractivity contribution in [2.45, 2.75) is 63.7 Å². The smallest absolute Gasteiger partial charge is 0.226 e. The molecule has 0 amide bonds. The highest BCUT2D eigenvalue weighted by Crippen LogP contribution is 2.49. The van der Waals surface area contributed by atoms with Crippen molar-refractivity contribution in [1.29, 1.82) is 0 Å². The number of rotatable bonds is 4. The zero-order valence-corrected chi connectivity index (χ0v) is 18.4. The molecule has 2 saturated carbocycles. The third-order valence-electron chi connectivity index (χ3n) is 7.53. The summed E-state index contributed by atoms with van der Waals surface area (Å²) in [7, 11) is 0. The summed E-state index contributed by atoms with van der Waals surface area (Å²) in [6.07, 6.45) is 5.47. The first kappa shape index (κ1) is 21.1. The van der Waals surface area contributed by atoms with Crippen LogP contribution in [0.2, 0.25) is 0 Å². The molecule has 2 aliphatic carbocycles. The molecule has 2 fully saturated rings. The Morgan fingerprint density at radius 1 is 0.781 bits per heavy atom. The topological polar surface area (TPSA) is 89.4 Å². The van der Waals surface area contributed by atoms with Crippen molar-refractivity contribution in [2.75, 3.05) is 4.90 Å². The van der Waals surface area contributed by atoms with E-state index >= 15 is 0 Å². The quantitative estimate of drug-likeness (QED) is 0.723. The molecule has 2 aromatic carbocycles. The third kappa shape index (κ3) is 3.50. The summed E-state index contributed by atoms with van der Waals surface area (Å²) < 4.78 is 0. The summed E-state index contributed by atoms with van der Waals surface area (Å²) in [6.45, 7) is 1.00. The molecule has 5 heteroatoms. The highest BCUT2D eigenvalue weighted by Gasteiger charge is 2.48. The average Bonchev–Trinajstić information content (AvgIpc) is 2.85. The van der Waals surface area contributed by atoms with Gasteiger partial charge in [-0.25, -0.2) is 0 Å². The fourth-order valence-corrected chi connectivity index (χ4v) is 5.98. The van der Waals surface area contributed by atoms with Crippen molar-refractivity contribution >= 4 is 22.8 Å². The van der Waals surface area contributed by atoms with Crippen molar-refractivity contribution in [3.8, 4) is 0 Å². The summed E-state index contributed by atoms with van der Waals surface area (Å²) in [5.41, 5.74) is 17.8. The van der Waals surface area contributed by atoms with E-state index in [1.165, 1.54) is 6.42 Å². The van der Waals surface area contributed by atoms with E-state index in [0.29, 0.717) is 32.0 Å². The van der Waals surface area contributed by atoms with Crippen LogP contribution in [0.25, 0.3) is 5.57 Å². The minimum atomic E-state index is -0.285. The molecule has 0 bridgehead atoms. The number of hydrogen-bond donors (Lipinski definition) is 2. The minimum Gasteiger partial charge on any atom is -0.361 e. The Bertz CT molecular complexity index is 1060. The van der Waals surface area contributed by atoms with Crippen LogP contribution in [0.4, 0.5) is 5.69 Å². The van der Waals surface area contributed by atoms with Gasteiger partial charge in [0.1, 0.15) is 0 Å². The molecule has 0 saturated heterocycles. The number of nitrogens with two attached hydrogens (primary N) is 2. The van der Waals surface area contributed by atoms with Crippen LogP contribution in [0, 0.1) is 5.92 Å². The third-order valence-corrected chi connectivity index (χ3v) is 7.53. The van der Waals surface area contributed by atoms with Gasteiger partial charge in [-0.15, -0.1) is 0 Å². The van der Waals surface area contributed by atoms with E-state index in [4.69, 9.17) is 11.5 Å². The number of fused-ring (bicyclic) bond motifs is 2. The number of carbonyl (C=O) groups excluding carboxylic acids is 2. The second-order valence-corrected chi connectivity index (χ2v) is 9.27. The maximum absolute atomic E-state index is 13.3. The Hall–Kier alpha value is -2.76. The second-order valence-electron chi connectivity index (χ2n) is 9.27. The van der Waals surface area contributed by atoms with Crippen molar-refractivity contribution < 1.29 is 9.59 Å². The van der Waals surface area contributed by atoms with E-state index in [1.54, 1.807) is 0 Å². The lowest BCUT2D eigenvalue weighted by Gasteiger charge is -2.52. The van der Waals surface area contributed by atoms with Crippen LogP contribution in [0.1, 0.15) is 55.2 Å². The van der Waals surface area contributed by atoms with E-state index in [2.05, 4.69) is 41.3 Å². The largest absolute Gasteiger partial charge is 0.361 e. The lowest BCUT2D eigenvalue weighted by molar-refractivity contribution is -0.135. The van der Waals surface area contributed by atoms with Crippen LogP contribution < -0.4 is 16.4 Å². The molecule has 0 aromatic heterocycles. The molecule has 166 valence electrons. The van der Waals surface area contributed by atoms with E-state index in [-0.39, 0.29) is 23.5 Å². The van der Waals surface area contributed by atoms with Gasteiger partial charge >= 0.3 is 0 Å². The van der Waals surface area contributed by atoms with E-state index in [0.717, 1.165) is 52.8 Å². The Kier molecular flexibility index (Phi) is 5.70. The maximum Gasteiger partial charge on any atom is 0.226 e. The van der Waals surface area contributed by atoms with Crippen molar-refractivity contribution in [1.82, 2.24) is 0 Å². The number of carbonyl (C=O) groups is 2. The van der Waals surface area contributed by atoms with Gasteiger partial charge in [0.2, 0.25) is 11.6 Å². The van der Waals surface area contributed by atoms with Crippen LogP contribution in [0.15, 0.2) is 54.1 Å². The molecule has 4 N–H and O–H groups in total. The zero-order chi connectivity index (χ0) is 22.2. The van der Waals surface area contributed by atoms with E-state index in [1.807, 2.05) is 12.1 Å². The fourth-order valence-electron chi connectivity index (χ4n) is 5.98. The Balaban J connectivity index is 1.69. The van der Waals surface area contributed by atoms with Gasteiger partial charge in [-0.05, 0) is 53.7 Å². The Morgan fingerprint density at radius 3 is 2.06 bits per heavy atom. The lowest BCUT2D eigenvalue weighted by atomic mass is 9.67. The molecule has 3 unspecified atom stereocenters. The summed E-state index contributed by atoms with van der Waals surface area (Å²) >= 11 is 0. The van der Waals surface area contributed by atoms with Gasteiger partial charge in [0.15, 0.2) is 0 Å². The molecule has 1 aliphatic heterocycles. The first-order valence-corrected chi connectivity index (χ1v) is 11.8. The number of hydrogen-bond acceptors (Lipinski definition) is 5. The standard InChI is InChI=1S/C27H31N3O2/c28-15-17-5-9-19(10-6-17)25-21-3-1-2-4-22(21)30(20-11-7-18(16-29)8-12-20)23-13-14-24(31)27(32)26(23)25/h5-12,21-23H,1-4,13-16,28-29H2. The molecule has 3 aliphatic rings. The molecule has 5 rings (SSSR count). The summed E-state index contributed by atoms with van der Waals surface area (Å²) in [6, 6.07) is 16.9. The molecule has 3 atom stereocenters. The normalized spacial score (nSPS) is 25.6. The van der Waals surface area contributed by atoms with Crippen LogP contribution >= 0.6 is 0 Å². The van der Waals surface area contributed by atoms with Crippen molar-refractivity contribution in [3.05, 3.63) is 70.8 Å². The molecular weight excluding hydrogens is 398 g/mol. The van der Waals surface area contributed by atoms with Gasteiger partial charge in [-0.1, -0.05) is 49.2 Å². The summed E-state index contributed by atoms with van der Waals surface area (Å²) in [5, 5.41) is 0. The van der Waals surface area contributed by atoms with E-state index in [9.17, 15) is 9.59 Å². The highest BCUT2D eigenvalue weighted by molar-refractivity contribution is 6.46. The SMILES string of the molecule is NCc1ccc(C2=C3C(=O)C(=O)CCC3N(c3ccc(CN)cc3)C3CCCCC23)cc1. The fraction of sp³-hybridized carbons (Fsp3) is 0.407. The Labute approximate surface area is 189 Å². The molecule has 0 radical (unpaired) electrons. The Morgan fingerprint density at radius 2 is 1.41 bits per heavy atom. The number of anilines is 1. The molecular formula is C27H31N3O2. The molecule has 5 nitrogen and oxygen atoms in total. The first-order valence-electron chi connectivity index (χ1n) is 11.8. The summed E-state index contributed by atoms with van der Waals surface area (Å²) in [5.74, 6) is -0.297. The monoisotopic (exact) mass is 429 g/mol. The predicted molar refractivity (Wildman–Crippen MR) is 127 cm³/mol. The molecule has 1 heterocycles. The van der Waals surface area contributed by atoms with Crippen molar-refractivity contribution in [2.24, 2.45) is 17.4 Å². The van der Waals surface area contributed by atoms with Gasteiger partial charge in [0.25, 0.3) is 0 Å². The lowest BCUT2D eigenvalue weighted by Crippen LogP contribution is -2.56. The highest BCUT2D eigenvalue weighted by atomic mass is 16.2. The van der Waals surface area contributed by atoms with Crippen LogP contribution in [0.5, 0.6) is 0 Å². The van der Waals surface area contributed by atoms with Crippen LogP contribution in [0.3, 0.4) is 0 Å². The van der Waals surface area contributed by atoms with Crippen molar-refractivity contribution in [3.63, 3.8) is 0 Å². The summed E-state index contributed by atoms with van der Waals surface area (Å²) in [4.78, 5) is 28.4. The molecule has 2 aromatic rings. The molecule has 32 heavy (non-hydrogen) atoms. The predicted octanol–water partition coefficient (Wildman–Crippen LogP) is 3.74. The van der Waals surface area contributed by atoms with Gasteiger partial charge in [-0.2, -0.15) is 0 Å². The maximum atomic E-state index is 13.3. The van der Waals surface area contributed by atoms with Gasteiger partial charge in [0, 0.05) is 42.7 Å². The first-order chi connectivity index (χ1) is 15.6. The van der Waals surface area contributed by atoms with Crippen LogP contribution in [-0.2, 0) is 22.7 Å².